The fourth-order valence-corrected chi connectivity index (χ4v) is 3.40. The Kier molecular flexibility index (Phi) is 4.98. The summed E-state index contributed by atoms with van der Waals surface area (Å²) in [5.74, 6) is -1.40. The van der Waals surface area contributed by atoms with Gasteiger partial charge in [-0.3, -0.25) is 0 Å². The summed E-state index contributed by atoms with van der Waals surface area (Å²) in [5, 5.41) is 21.7. The summed E-state index contributed by atoms with van der Waals surface area (Å²) in [4.78, 5) is 4.34. The minimum atomic E-state index is -0.679. The Labute approximate surface area is 186 Å². The van der Waals surface area contributed by atoms with E-state index < -0.39 is 11.6 Å². The molecule has 2 heterocycles. The normalized spacial score (nSPS) is 11.0. The first kappa shape index (κ1) is 20.3. The topological polar surface area (TPSA) is 89.9 Å². The molecule has 0 aliphatic rings. The molecule has 0 saturated carbocycles. The Bertz CT molecular complexity index is 1480. The average molecular weight is 443 g/mol. The molecule has 0 radical (unpaired) electrons. The molecule has 7 nitrogen and oxygen atoms in total. The van der Waals surface area contributed by atoms with Gasteiger partial charge in [-0.15, -0.1) is 5.10 Å². The van der Waals surface area contributed by atoms with Crippen LogP contribution in [0.1, 0.15) is 5.56 Å². The number of hydrogen-bond donors (Lipinski definition) is 1. The van der Waals surface area contributed by atoms with Crippen molar-refractivity contribution in [3.8, 4) is 39.9 Å². The van der Waals surface area contributed by atoms with Gasteiger partial charge in [0.25, 0.3) is 5.89 Å². The van der Waals surface area contributed by atoms with Crippen molar-refractivity contribution in [1.29, 1.82) is 0 Å². The van der Waals surface area contributed by atoms with E-state index >= 15 is 0 Å². The van der Waals surface area contributed by atoms with E-state index in [-0.39, 0.29) is 34.4 Å². The standard InChI is InChI=1S/C24H15F2N5O2/c1-14(32)17-12-11-16(13-19(17)26)23-27-24(33-29-23)21-22(15-7-3-2-4-8-15)31(30-28-21)20-10-6-5-9-18(20)25/h2-13,32H,1H2. The number of halogens is 2. The Balaban J connectivity index is 1.63. The fraction of sp³-hybridized carbons (Fsp3) is 0. The lowest BCUT2D eigenvalue weighted by atomic mass is 10.1. The number of hydrogen-bond acceptors (Lipinski definition) is 6. The average Bonchev–Trinajstić information content (AvgIpc) is 3.47. The summed E-state index contributed by atoms with van der Waals surface area (Å²) in [6.45, 7) is 3.33. The van der Waals surface area contributed by atoms with Gasteiger partial charge >= 0.3 is 0 Å². The largest absolute Gasteiger partial charge is 0.508 e. The minimum absolute atomic E-state index is 0.0262. The second-order valence-electron chi connectivity index (χ2n) is 7.08. The molecular weight excluding hydrogens is 428 g/mol. The molecule has 0 amide bonds. The van der Waals surface area contributed by atoms with Crippen molar-refractivity contribution in [3.63, 3.8) is 0 Å². The van der Waals surface area contributed by atoms with Crippen molar-refractivity contribution >= 4 is 5.76 Å². The van der Waals surface area contributed by atoms with Crippen LogP contribution in [0, 0.1) is 11.6 Å². The maximum Gasteiger partial charge on any atom is 0.281 e. The Morgan fingerprint density at radius 3 is 2.39 bits per heavy atom. The minimum Gasteiger partial charge on any atom is -0.508 e. The fourth-order valence-electron chi connectivity index (χ4n) is 3.40. The van der Waals surface area contributed by atoms with E-state index in [1.807, 2.05) is 30.3 Å². The summed E-state index contributed by atoms with van der Waals surface area (Å²) in [5.41, 5.74) is 1.91. The van der Waals surface area contributed by atoms with Crippen LogP contribution in [-0.2, 0) is 0 Å². The number of para-hydroxylation sites is 1. The van der Waals surface area contributed by atoms with Crippen LogP contribution in [0.5, 0.6) is 0 Å². The smallest absolute Gasteiger partial charge is 0.281 e. The quantitative estimate of drug-likeness (QED) is 0.363. The summed E-state index contributed by atoms with van der Waals surface area (Å²) in [6, 6.07) is 19.4. The van der Waals surface area contributed by atoms with Gasteiger partial charge in [-0.25, -0.2) is 13.5 Å². The van der Waals surface area contributed by atoms with Crippen LogP contribution in [0.25, 0.3) is 45.7 Å². The van der Waals surface area contributed by atoms with E-state index in [0.29, 0.717) is 16.8 Å². The summed E-state index contributed by atoms with van der Waals surface area (Å²) in [6.07, 6.45) is 0. The van der Waals surface area contributed by atoms with E-state index in [0.717, 1.165) is 0 Å². The third kappa shape index (κ3) is 3.65. The van der Waals surface area contributed by atoms with Crippen molar-refractivity contribution in [2.75, 3.05) is 0 Å². The van der Waals surface area contributed by atoms with Crippen LogP contribution >= 0.6 is 0 Å². The van der Waals surface area contributed by atoms with Crippen molar-refractivity contribution in [1.82, 2.24) is 25.1 Å². The SMILES string of the molecule is C=C(O)c1ccc(-c2noc(-c3nnn(-c4ccccc4F)c3-c3ccccc3)n2)cc1F. The molecule has 162 valence electrons. The highest BCUT2D eigenvalue weighted by atomic mass is 19.1. The molecule has 0 aliphatic carbocycles. The number of aliphatic hydroxyl groups is 1. The molecule has 5 aromatic rings. The maximum absolute atomic E-state index is 14.5. The van der Waals surface area contributed by atoms with Crippen LogP contribution in [-0.4, -0.2) is 30.2 Å². The molecule has 2 aromatic heterocycles. The predicted octanol–water partition coefficient (Wildman–Crippen LogP) is 5.46. The van der Waals surface area contributed by atoms with Gasteiger partial charge in [-0.05, 0) is 24.3 Å². The Hall–Kier alpha value is -4.66. The Morgan fingerprint density at radius 2 is 1.67 bits per heavy atom. The predicted molar refractivity (Wildman–Crippen MR) is 117 cm³/mol. The van der Waals surface area contributed by atoms with Crippen LogP contribution in [0.2, 0.25) is 0 Å². The van der Waals surface area contributed by atoms with E-state index in [9.17, 15) is 13.9 Å². The van der Waals surface area contributed by atoms with Gasteiger partial charge in [0.05, 0.1) is 5.56 Å². The first-order chi connectivity index (χ1) is 16.0. The van der Waals surface area contributed by atoms with Crippen LogP contribution in [0.15, 0.2) is 83.9 Å². The third-order valence-electron chi connectivity index (χ3n) is 4.96. The zero-order chi connectivity index (χ0) is 22.9. The van der Waals surface area contributed by atoms with E-state index in [1.54, 1.807) is 18.2 Å². The van der Waals surface area contributed by atoms with Crippen molar-refractivity contribution < 1.29 is 18.4 Å². The molecule has 1 N–H and O–H groups in total. The van der Waals surface area contributed by atoms with Gasteiger partial charge in [0.1, 0.15) is 28.8 Å². The molecule has 0 unspecified atom stereocenters. The zero-order valence-electron chi connectivity index (χ0n) is 17.0. The zero-order valence-corrected chi connectivity index (χ0v) is 17.0. The molecular formula is C24H15F2N5O2. The van der Waals surface area contributed by atoms with Gasteiger partial charge < -0.3 is 9.63 Å². The van der Waals surface area contributed by atoms with Gasteiger partial charge in [-0.1, -0.05) is 65.5 Å². The lowest BCUT2D eigenvalue weighted by Crippen LogP contribution is -2.02. The monoisotopic (exact) mass is 443 g/mol. The molecule has 0 bridgehead atoms. The molecule has 3 aromatic carbocycles. The highest BCUT2D eigenvalue weighted by Gasteiger charge is 2.24. The van der Waals surface area contributed by atoms with E-state index in [1.165, 1.54) is 28.9 Å². The molecule has 0 atom stereocenters. The number of aromatic nitrogens is 5. The van der Waals surface area contributed by atoms with Gasteiger partial charge in [0.2, 0.25) is 5.82 Å². The molecule has 0 aliphatic heterocycles. The first-order valence-electron chi connectivity index (χ1n) is 9.81. The first-order valence-corrected chi connectivity index (χ1v) is 9.81. The van der Waals surface area contributed by atoms with E-state index in [4.69, 9.17) is 4.52 Å². The number of benzene rings is 3. The van der Waals surface area contributed by atoms with Crippen LogP contribution in [0.4, 0.5) is 8.78 Å². The highest BCUT2D eigenvalue weighted by molar-refractivity contribution is 5.76. The number of nitrogens with zero attached hydrogens (tertiary/aromatic N) is 5. The molecule has 0 fully saturated rings. The third-order valence-corrected chi connectivity index (χ3v) is 4.96. The number of rotatable bonds is 5. The molecule has 0 saturated heterocycles. The highest BCUT2D eigenvalue weighted by Crippen LogP contribution is 2.33. The van der Waals surface area contributed by atoms with Gasteiger partial charge in [0, 0.05) is 11.1 Å². The molecule has 9 heteroatoms. The second kappa shape index (κ2) is 8.12. The van der Waals surface area contributed by atoms with Crippen molar-refractivity contribution in [2.24, 2.45) is 0 Å². The van der Waals surface area contributed by atoms with Crippen LogP contribution in [0.3, 0.4) is 0 Å². The lowest BCUT2D eigenvalue weighted by molar-refractivity contribution is 0.431. The van der Waals surface area contributed by atoms with Crippen molar-refractivity contribution in [3.05, 3.63) is 96.6 Å². The van der Waals surface area contributed by atoms with Gasteiger partial charge in [-0.2, -0.15) is 4.98 Å². The molecule has 0 spiro atoms. The summed E-state index contributed by atoms with van der Waals surface area (Å²) in [7, 11) is 0. The number of aliphatic hydroxyl groups excluding tert-OH is 1. The van der Waals surface area contributed by atoms with Crippen LogP contribution < -0.4 is 0 Å². The maximum atomic E-state index is 14.5. The van der Waals surface area contributed by atoms with Crippen molar-refractivity contribution in [2.45, 2.75) is 0 Å². The van der Waals surface area contributed by atoms with E-state index in [2.05, 4.69) is 27.0 Å². The molecule has 5 rings (SSSR count). The lowest BCUT2D eigenvalue weighted by Gasteiger charge is -2.08. The molecule has 33 heavy (non-hydrogen) atoms. The second-order valence-corrected chi connectivity index (χ2v) is 7.08. The summed E-state index contributed by atoms with van der Waals surface area (Å²) < 4.78 is 35.6. The summed E-state index contributed by atoms with van der Waals surface area (Å²) >= 11 is 0. The Morgan fingerprint density at radius 1 is 0.909 bits per heavy atom. The van der Waals surface area contributed by atoms with Gasteiger partial charge in [0.15, 0.2) is 5.69 Å².